The van der Waals surface area contributed by atoms with Crippen LogP contribution in [0.3, 0.4) is 0 Å². The lowest BCUT2D eigenvalue weighted by atomic mass is 9.98. The van der Waals surface area contributed by atoms with Crippen molar-refractivity contribution < 1.29 is 14.6 Å². The van der Waals surface area contributed by atoms with E-state index in [-0.39, 0.29) is 0 Å². The van der Waals surface area contributed by atoms with Crippen molar-refractivity contribution in [1.82, 2.24) is 0 Å². The van der Waals surface area contributed by atoms with Gasteiger partial charge in [0.2, 0.25) is 0 Å². The maximum Gasteiger partial charge on any atom is 0.122 e. The summed E-state index contributed by atoms with van der Waals surface area (Å²) in [4.78, 5) is 0. The highest BCUT2D eigenvalue weighted by Crippen LogP contribution is 2.30. The molecule has 3 heteroatoms. The van der Waals surface area contributed by atoms with Gasteiger partial charge >= 0.3 is 0 Å². The largest absolute Gasteiger partial charge is 0.497 e. The molecule has 0 aliphatic carbocycles. The van der Waals surface area contributed by atoms with E-state index in [1.807, 2.05) is 24.3 Å². The first-order chi connectivity index (χ1) is 10.2. The topological polar surface area (TPSA) is 38.7 Å². The van der Waals surface area contributed by atoms with E-state index in [0.717, 1.165) is 24.0 Å². The predicted molar refractivity (Wildman–Crippen MR) is 84.0 cm³/mol. The molecule has 0 aromatic heterocycles. The number of methoxy groups -OCH3 is 2. The summed E-state index contributed by atoms with van der Waals surface area (Å²) in [5, 5.41) is 10.6. The Morgan fingerprint density at radius 1 is 0.952 bits per heavy atom. The van der Waals surface area contributed by atoms with Gasteiger partial charge in [0.25, 0.3) is 0 Å². The molecule has 0 aliphatic rings. The molecule has 2 aromatic rings. The Kier molecular flexibility index (Phi) is 5.23. The summed E-state index contributed by atoms with van der Waals surface area (Å²) in [7, 11) is 3.21. The van der Waals surface area contributed by atoms with Crippen LogP contribution >= 0.6 is 0 Å². The lowest BCUT2D eigenvalue weighted by molar-refractivity contribution is 0.219. The number of hydrogen-bond donors (Lipinski definition) is 1. The average molecular weight is 286 g/mol. The molecule has 0 radical (unpaired) electrons. The first-order valence-corrected chi connectivity index (χ1v) is 7.17. The van der Waals surface area contributed by atoms with Gasteiger partial charge in [-0.05, 0) is 35.2 Å². The molecular weight excluding hydrogens is 264 g/mol. The number of aliphatic hydroxyl groups excluding tert-OH is 1. The van der Waals surface area contributed by atoms with Crippen LogP contribution in [0.1, 0.15) is 36.1 Å². The fourth-order valence-corrected chi connectivity index (χ4v) is 2.39. The van der Waals surface area contributed by atoms with Crippen LogP contribution in [-0.2, 0) is 6.42 Å². The number of ether oxygens (including phenoxy) is 2. The maximum atomic E-state index is 10.6. The number of aliphatic hydroxyl groups is 1. The lowest BCUT2D eigenvalue weighted by Gasteiger charge is -2.15. The number of hydrogen-bond acceptors (Lipinski definition) is 3. The minimum Gasteiger partial charge on any atom is -0.497 e. The maximum absolute atomic E-state index is 10.6. The summed E-state index contributed by atoms with van der Waals surface area (Å²) in [6.07, 6.45) is 1.42. The molecule has 1 atom stereocenters. The zero-order chi connectivity index (χ0) is 15.2. The van der Waals surface area contributed by atoms with Crippen molar-refractivity contribution in [3.8, 4) is 11.5 Å². The third kappa shape index (κ3) is 3.76. The van der Waals surface area contributed by atoms with Gasteiger partial charge in [0.05, 0.1) is 14.2 Å². The Balaban J connectivity index is 2.34. The Hall–Kier alpha value is -2.00. The van der Waals surface area contributed by atoms with Gasteiger partial charge in [-0.1, -0.05) is 37.6 Å². The van der Waals surface area contributed by atoms with E-state index in [0.29, 0.717) is 11.5 Å². The van der Waals surface area contributed by atoms with Gasteiger partial charge in [0, 0.05) is 6.07 Å². The zero-order valence-corrected chi connectivity index (χ0v) is 12.8. The van der Waals surface area contributed by atoms with Crippen LogP contribution in [0.2, 0.25) is 0 Å². The summed E-state index contributed by atoms with van der Waals surface area (Å²) in [6, 6.07) is 13.5. The smallest absolute Gasteiger partial charge is 0.122 e. The first-order valence-electron chi connectivity index (χ1n) is 7.17. The second-order valence-corrected chi connectivity index (χ2v) is 5.04. The van der Waals surface area contributed by atoms with Crippen LogP contribution in [0, 0.1) is 0 Å². The number of rotatable bonds is 6. The van der Waals surface area contributed by atoms with Crippen LogP contribution in [0.5, 0.6) is 11.5 Å². The van der Waals surface area contributed by atoms with Crippen LogP contribution in [0.4, 0.5) is 0 Å². The second kappa shape index (κ2) is 7.14. The van der Waals surface area contributed by atoms with Crippen molar-refractivity contribution in [1.29, 1.82) is 0 Å². The van der Waals surface area contributed by atoms with E-state index in [2.05, 4.69) is 19.1 Å². The monoisotopic (exact) mass is 286 g/mol. The Bertz CT molecular complexity index is 571. The SMILES string of the molecule is CCCc1cccc(C(O)c2cc(OC)cc(OC)c2)c1. The molecule has 0 saturated heterocycles. The van der Waals surface area contributed by atoms with Gasteiger partial charge in [-0.3, -0.25) is 0 Å². The van der Waals surface area contributed by atoms with Gasteiger partial charge < -0.3 is 14.6 Å². The first kappa shape index (κ1) is 15.4. The normalized spacial score (nSPS) is 12.0. The van der Waals surface area contributed by atoms with Crippen LogP contribution in [-0.4, -0.2) is 19.3 Å². The molecule has 0 aliphatic heterocycles. The van der Waals surface area contributed by atoms with Gasteiger partial charge in [-0.15, -0.1) is 0 Å². The molecule has 0 amide bonds. The minimum absolute atomic E-state index is 0.674. The fraction of sp³-hybridized carbons (Fsp3) is 0.333. The van der Waals surface area contributed by atoms with E-state index < -0.39 is 6.10 Å². The van der Waals surface area contributed by atoms with Crippen LogP contribution < -0.4 is 9.47 Å². The highest BCUT2D eigenvalue weighted by Gasteiger charge is 2.13. The molecule has 0 spiro atoms. The molecule has 0 fully saturated rings. The van der Waals surface area contributed by atoms with Gasteiger partial charge in [0.15, 0.2) is 0 Å². The molecule has 3 nitrogen and oxygen atoms in total. The van der Waals surface area contributed by atoms with E-state index >= 15 is 0 Å². The molecule has 1 unspecified atom stereocenters. The summed E-state index contributed by atoms with van der Waals surface area (Å²) < 4.78 is 10.5. The summed E-state index contributed by atoms with van der Waals surface area (Å²) >= 11 is 0. The Morgan fingerprint density at radius 3 is 2.19 bits per heavy atom. The van der Waals surface area contributed by atoms with Crippen molar-refractivity contribution in [3.05, 3.63) is 59.2 Å². The molecular formula is C18H22O3. The van der Waals surface area contributed by atoms with Gasteiger partial charge in [-0.25, -0.2) is 0 Å². The summed E-state index contributed by atoms with van der Waals surface area (Å²) in [5.41, 5.74) is 2.89. The van der Waals surface area contributed by atoms with Crippen molar-refractivity contribution >= 4 is 0 Å². The van der Waals surface area contributed by atoms with Gasteiger partial charge in [0.1, 0.15) is 17.6 Å². The quantitative estimate of drug-likeness (QED) is 0.879. The average Bonchev–Trinajstić information content (AvgIpc) is 2.54. The van der Waals surface area contributed by atoms with E-state index in [1.165, 1.54) is 5.56 Å². The fourth-order valence-electron chi connectivity index (χ4n) is 2.39. The van der Waals surface area contributed by atoms with Crippen LogP contribution in [0.25, 0.3) is 0 Å². The third-order valence-electron chi connectivity index (χ3n) is 3.49. The Morgan fingerprint density at radius 2 is 1.62 bits per heavy atom. The number of benzene rings is 2. The van der Waals surface area contributed by atoms with Crippen molar-refractivity contribution in [2.45, 2.75) is 25.9 Å². The molecule has 2 aromatic carbocycles. The molecule has 21 heavy (non-hydrogen) atoms. The molecule has 2 rings (SSSR count). The standard InChI is InChI=1S/C18H22O3/c1-4-6-13-7-5-8-14(9-13)18(19)15-10-16(20-2)12-17(11-15)21-3/h5,7-12,18-19H,4,6H2,1-3H3. The minimum atomic E-state index is -0.689. The van der Waals surface area contributed by atoms with Crippen molar-refractivity contribution in [2.75, 3.05) is 14.2 Å². The lowest BCUT2D eigenvalue weighted by Crippen LogP contribution is -2.02. The molecule has 112 valence electrons. The zero-order valence-electron chi connectivity index (χ0n) is 12.8. The molecule has 0 saturated carbocycles. The van der Waals surface area contributed by atoms with E-state index in [9.17, 15) is 5.11 Å². The molecule has 0 bridgehead atoms. The third-order valence-corrected chi connectivity index (χ3v) is 3.49. The summed E-state index contributed by atoms with van der Waals surface area (Å²) in [6.45, 7) is 2.15. The highest BCUT2D eigenvalue weighted by molar-refractivity contribution is 5.42. The highest BCUT2D eigenvalue weighted by atomic mass is 16.5. The second-order valence-electron chi connectivity index (χ2n) is 5.04. The number of aryl methyl sites for hydroxylation is 1. The predicted octanol–water partition coefficient (Wildman–Crippen LogP) is 3.74. The van der Waals surface area contributed by atoms with Gasteiger partial charge in [-0.2, -0.15) is 0 Å². The van der Waals surface area contributed by atoms with Crippen LogP contribution in [0.15, 0.2) is 42.5 Å². The Labute approximate surface area is 126 Å². The molecule has 1 N–H and O–H groups in total. The van der Waals surface area contributed by atoms with E-state index in [4.69, 9.17) is 9.47 Å². The van der Waals surface area contributed by atoms with Crippen molar-refractivity contribution in [2.24, 2.45) is 0 Å². The van der Waals surface area contributed by atoms with Crippen molar-refractivity contribution in [3.63, 3.8) is 0 Å². The van der Waals surface area contributed by atoms with E-state index in [1.54, 1.807) is 20.3 Å². The molecule has 0 heterocycles. The summed E-state index contributed by atoms with van der Waals surface area (Å²) in [5.74, 6) is 1.35.